The molecule has 0 aromatic heterocycles. The van der Waals surface area contributed by atoms with E-state index in [1.54, 1.807) is 0 Å². The number of nitrogens with one attached hydrogen (secondary N) is 1. The number of rotatable bonds is 8. The van der Waals surface area contributed by atoms with Crippen LogP contribution in [0, 0.1) is 5.41 Å². The Morgan fingerprint density at radius 1 is 1.40 bits per heavy atom. The van der Waals surface area contributed by atoms with Gasteiger partial charge >= 0.3 is 0 Å². The monoisotopic (exact) mass is 213 g/mol. The van der Waals surface area contributed by atoms with Gasteiger partial charge in [0, 0.05) is 19.2 Å². The van der Waals surface area contributed by atoms with Gasteiger partial charge in [-0.3, -0.25) is 0 Å². The average Bonchev–Trinajstić information content (AvgIpc) is 2.98. The molecule has 0 radical (unpaired) electrons. The molecule has 0 bridgehead atoms. The molecule has 2 heteroatoms. The summed E-state index contributed by atoms with van der Waals surface area (Å²) in [7, 11) is 0. The van der Waals surface area contributed by atoms with Crippen LogP contribution in [-0.4, -0.2) is 25.3 Å². The van der Waals surface area contributed by atoms with E-state index >= 15 is 0 Å². The summed E-state index contributed by atoms with van der Waals surface area (Å²) in [5, 5.41) is 3.63. The van der Waals surface area contributed by atoms with Crippen molar-refractivity contribution in [1.82, 2.24) is 5.32 Å². The molecule has 15 heavy (non-hydrogen) atoms. The lowest BCUT2D eigenvalue weighted by Crippen LogP contribution is -2.33. The van der Waals surface area contributed by atoms with Crippen molar-refractivity contribution in [2.24, 2.45) is 5.41 Å². The zero-order valence-electron chi connectivity index (χ0n) is 10.8. The Hall–Kier alpha value is -0.0800. The quantitative estimate of drug-likeness (QED) is 0.669. The summed E-state index contributed by atoms with van der Waals surface area (Å²) in [6.45, 7) is 10.9. The molecule has 1 aliphatic rings. The minimum atomic E-state index is 0.363. The van der Waals surface area contributed by atoms with Gasteiger partial charge < -0.3 is 10.1 Å². The van der Waals surface area contributed by atoms with Crippen molar-refractivity contribution in [2.75, 3.05) is 13.2 Å². The van der Waals surface area contributed by atoms with Gasteiger partial charge in [0.25, 0.3) is 0 Å². The van der Waals surface area contributed by atoms with E-state index in [9.17, 15) is 0 Å². The Morgan fingerprint density at radius 2 is 2.07 bits per heavy atom. The molecule has 90 valence electrons. The lowest BCUT2D eigenvalue weighted by Gasteiger charge is -2.29. The molecule has 1 fully saturated rings. The molecule has 0 aromatic rings. The molecule has 1 N–H and O–H groups in total. The molecule has 0 aromatic carbocycles. The molecule has 0 aliphatic heterocycles. The van der Waals surface area contributed by atoms with Gasteiger partial charge in [-0.2, -0.15) is 0 Å². The maximum Gasteiger partial charge on any atom is 0.0518 e. The third kappa shape index (κ3) is 5.53. The first-order valence-electron chi connectivity index (χ1n) is 6.41. The van der Waals surface area contributed by atoms with E-state index in [0.717, 1.165) is 19.2 Å². The van der Waals surface area contributed by atoms with E-state index < -0.39 is 0 Å². The SMILES string of the molecule is CCC(C)(CCOC(C)C)CNC1CC1. The second-order valence-electron chi connectivity index (χ2n) is 5.49. The Kier molecular flexibility index (Phi) is 5.07. The number of ether oxygens (including phenoxy) is 1. The second-order valence-corrected chi connectivity index (χ2v) is 5.49. The maximum absolute atomic E-state index is 5.63. The lowest BCUT2D eigenvalue weighted by molar-refractivity contribution is 0.0530. The molecular weight excluding hydrogens is 186 g/mol. The third-order valence-electron chi connectivity index (χ3n) is 3.41. The van der Waals surface area contributed by atoms with Crippen molar-refractivity contribution in [3.63, 3.8) is 0 Å². The van der Waals surface area contributed by atoms with E-state index in [0.29, 0.717) is 11.5 Å². The highest BCUT2D eigenvalue weighted by Crippen LogP contribution is 2.27. The second kappa shape index (κ2) is 5.86. The molecule has 1 atom stereocenters. The van der Waals surface area contributed by atoms with Crippen LogP contribution < -0.4 is 5.32 Å². The van der Waals surface area contributed by atoms with Crippen molar-refractivity contribution in [1.29, 1.82) is 0 Å². The van der Waals surface area contributed by atoms with Gasteiger partial charge in [-0.1, -0.05) is 13.8 Å². The Labute approximate surface area is 94.8 Å². The standard InChI is InChI=1S/C13H27NO/c1-5-13(4,8-9-15-11(2)3)10-14-12-6-7-12/h11-12,14H,5-10H2,1-4H3. The summed E-state index contributed by atoms with van der Waals surface area (Å²) < 4.78 is 5.63. The van der Waals surface area contributed by atoms with E-state index in [4.69, 9.17) is 4.74 Å². The lowest BCUT2D eigenvalue weighted by atomic mass is 9.84. The van der Waals surface area contributed by atoms with Crippen LogP contribution in [0.3, 0.4) is 0 Å². The number of hydrogen-bond acceptors (Lipinski definition) is 2. The van der Waals surface area contributed by atoms with Gasteiger partial charge in [0.1, 0.15) is 0 Å². The first-order chi connectivity index (χ1) is 7.06. The Morgan fingerprint density at radius 3 is 2.53 bits per heavy atom. The van der Waals surface area contributed by atoms with Gasteiger partial charge in [-0.15, -0.1) is 0 Å². The molecule has 1 rings (SSSR count). The van der Waals surface area contributed by atoms with Crippen LogP contribution in [-0.2, 0) is 4.74 Å². The topological polar surface area (TPSA) is 21.3 Å². The van der Waals surface area contributed by atoms with Crippen LogP contribution in [0.5, 0.6) is 0 Å². The summed E-state index contributed by atoms with van der Waals surface area (Å²) in [5.74, 6) is 0. The summed E-state index contributed by atoms with van der Waals surface area (Å²) >= 11 is 0. The van der Waals surface area contributed by atoms with Crippen LogP contribution >= 0.6 is 0 Å². The van der Waals surface area contributed by atoms with Gasteiger partial charge in [-0.25, -0.2) is 0 Å². The predicted molar refractivity (Wildman–Crippen MR) is 65.1 cm³/mol. The Balaban J connectivity index is 2.17. The van der Waals surface area contributed by atoms with Gasteiger partial charge in [0.2, 0.25) is 0 Å². The normalized spacial score (nSPS) is 20.6. The molecule has 1 aliphatic carbocycles. The molecule has 0 amide bonds. The van der Waals surface area contributed by atoms with Crippen LogP contribution in [0.15, 0.2) is 0 Å². The first-order valence-corrected chi connectivity index (χ1v) is 6.41. The van der Waals surface area contributed by atoms with E-state index in [2.05, 4.69) is 33.0 Å². The van der Waals surface area contributed by atoms with E-state index in [1.807, 2.05) is 0 Å². The maximum atomic E-state index is 5.63. The molecule has 0 saturated heterocycles. The molecule has 1 unspecified atom stereocenters. The highest BCUT2D eigenvalue weighted by Gasteiger charge is 2.27. The van der Waals surface area contributed by atoms with Crippen molar-refractivity contribution in [3.8, 4) is 0 Å². The largest absolute Gasteiger partial charge is 0.379 e. The fraction of sp³-hybridized carbons (Fsp3) is 1.00. The summed E-state index contributed by atoms with van der Waals surface area (Å²) in [6, 6.07) is 0.821. The van der Waals surface area contributed by atoms with Gasteiger partial charge in [-0.05, 0) is 44.9 Å². The highest BCUT2D eigenvalue weighted by molar-refractivity contribution is 4.85. The highest BCUT2D eigenvalue weighted by atomic mass is 16.5. The first kappa shape index (κ1) is 13.0. The summed E-state index contributed by atoms with van der Waals surface area (Å²) in [4.78, 5) is 0. The van der Waals surface area contributed by atoms with E-state index in [1.165, 1.54) is 25.7 Å². The fourth-order valence-electron chi connectivity index (χ4n) is 1.61. The summed E-state index contributed by atoms with van der Waals surface area (Å²) in [6.07, 6.45) is 5.52. The molecular formula is C13H27NO. The molecule has 0 spiro atoms. The van der Waals surface area contributed by atoms with Crippen LogP contribution in [0.4, 0.5) is 0 Å². The third-order valence-corrected chi connectivity index (χ3v) is 3.41. The number of hydrogen-bond donors (Lipinski definition) is 1. The van der Waals surface area contributed by atoms with Crippen molar-refractivity contribution >= 4 is 0 Å². The average molecular weight is 213 g/mol. The zero-order chi connectivity index (χ0) is 11.3. The minimum Gasteiger partial charge on any atom is -0.379 e. The van der Waals surface area contributed by atoms with Crippen LogP contribution in [0.1, 0.15) is 53.4 Å². The van der Waals surface area contributed by atoms with Gasteiger partial charge in [0.05, 0.1) is 6.10 Å². The fourth-order valence-corrected chi connectivity index (χ4v) is 1.61. The molecule has 2 nitrogen and oxygen atoms in total. The Bertz CT molecular complexity index is 177. The predicted octanol–water partition coefficient (Wildman–Crippen LogP) is 2.97. The minimum absolute atomic E-state index is 0.363. The zero-order valence-corrected chi connectivity index (χ0v) is 10.8. The van der Waals surface area contributed by atoms with Crippen molar-refractivity contribution < 1.29 is 4.74 Å². The van der Waals surface area contributed by atoms with Crippen molar-refractivity contribution in [2.45, 2.75) is 65.5 Å². The van der Waals surface area contributed by atoms with Crippen molar-refractivity contribution in [3.05, 3.63) is 0 Å². The van der Waals surface area contributed by atoms with Gasteiger partial charge in [0.15, 0.2) is 0 Å². The van der Waals surface area contributed by atoms with E-state index in [-0.39, 0.29) is 0 Å². The van der Waals surface area contributed by atoms with Crippen LogP contribution in [0.2, 0.25) is 0 Å². The smallest absolute Gasteiger partial charge is 0.0518 e. The van der Waals surface area contributed by atoms with Crippen LogP contribution in [0.25, 0.3) is 0 Å². The summed E-state index contributed by atoms with van der Waals surface area (Å²) in [5.41, 5.74) is 0.414. The molecule has 0 heterocycles. The molecule has 1 saturated carbocycles.